The highest BCUT2D eigenvalue weighted by Crippen LogP contribution is 2.19. The minimum Gasteiger partial charge on any atom is -0.387 e. The quantitative estimate of drug-likeness (QED) is 0.815. The van der Waals surface area contributed by atoms with Crippen LogP contribution in [0.3, 0.4) is 0 Å². The molecule has 1 saturated heterocycles. The van der Waals surface area contributed by atoms with Crippen LogP contribution in [0.2, 0.25) is 0 Å². The van der Waals surface area contributed by atoms with E-state index in [2.05, 4.69) is 4.90 Å². The molecule has 2 rings (SSSR count). The molecule has 0 bridgehead atoms. The van der Waals surface area contributed by atoms with Crippen molar-refractivity contribution in [3.05, 3.63) is 35.4 Å². The molecule has 1 heterocycles. The molecule has 4 heteroatoms. The van der Waals surface area contributed by atoms with Crippen molar-refractivity contribution < 1.29 is 9.84 Å². The highest BCUT2D eigenvalue weighted by Gasteiger charge is 2.24. The second kappa shape index (κ2) is 6.29. The largest absolute Gasteiger partial charge is 0.387 e. The number of aliphatic hydroxyl groups is 1. The summed E-state index contributed by atoms with van der Waals surface area (Å²) in [5.41, 5.74) is 7.60. The molecule has 3 N–H and O–H groups in total. The summed E-state index contributed by atoms with van der Waals surface area (Å²) in [4.78, 5) is 2.25. The maximum absolute atomic E-state index is 10.2. The van der Waals surface area contributed by atoms with Crippen LogP contribution in [0.1, 0.15) is 23.7 Å². The first-order chi connectivity index (χ1) is 8.72. The third-order valence-electron chi connectivity index (χ3n) is 3.59. The summed E-state index contributed by atoms with van der Waals surface area (Å²) in [6.07, 6.45) is 0.930. The lowest BCUT2D eigenvalue weighted by atomic mass is 10.1. The maximum atomic E-state index is 10.2. The van der Waals surface area contributed by atoms with E-state index in [0.717, 1.165) is 30.6 Å². The standard InChI is InChI=1S/C14H22N2O2/c1-18-13-6-7-16(9-13)10-14(17)12-4-2-11(8-15)3-5-12/h2-5,13-14,17H,6-10,15H2,1H3. The van der Waals surface area contributed by atoms with Gasteiger partial charge in [-0.1, -0.05) is 24.3 Å². The van der Waals surface area contributed by atoms with Crippen LogP contribution < -0.4 is 5.73 Å². The van der Waals surface area contributed by atoms with Crippen molar-refractivity contribution in [1.82, 2.24) is 4.90 Å². The molecular formula is C14H22N2O2. The van der Waals surface area contributed by atoms with Crippen LogP contribution in [0.25, 0.3) is 0 Å². The molecule has 2 atom stereocenters. The normalized spacial score (nSPS) is 22.3. The Morgan fingerprint density at radius 3 is 2.72 bits per heavy atom. The van der Waals surface area contributed by atoms with Gasteiger partial charge in [0.1, 0.15) is 0 Å². The van der Waals surface area contributed by atoms with Gasteiger partial charge < -0.3 is 15.6 Å². The Morgan fingerprint density at radius 1 is 1.44 bits per heavy atom. The molecular weight excluding hydrogens is 228 g/mol. The average molecular weight is 250 g/mol. The zero-order chi connectivity index (χ0) is 13.0. The Labute approximate surface area is 108 Å². The molecule has 100 valence electrons. The molecule has 2 unspecified atom stereocenters. The maximum Gasteiger partial charge on any atom is 0.0916 e. The molecule has 18 heavy (non-hydrogen) atoms. The van der Waals surface area contributed by atoms with Gasteiger partial charge >= 0.3 is 0 Å². The molecule has 0 aliphatic carbocycles. The van der Waals surface area contributed by atoms with Crippen molar-refractivity contribution in [2.75, 3.05) is 26.7 Å². The molecule has 1 aliphatic heterocycles. The van der Waals surface area contributed by atoms with Gasteiger partial charge in [-0.25, -0.2) is 0 Å². The summed E-state index contributed by atoms with van der Waals surface area (Å²) in [7, 11) is 1.75. The second-order valence-electron chi connectivity index (χ2n) is 4.87. The Bertz CT molecular complexity index is 367. The van der Waals surface area contributed by atoms with Gasteiger partial charge in [-0.15, -0.1) is 0 Å². The van der Waals surface area contributed by atoms with E-state index in [1.165, 1.54) is 0 Å². The van der Waals surface area contributed by atoms with Gasteiger partial charge in [0.05, 0.1) is 12.2 Å². The van der Waals surface area contributed by atoms with Crippen LogP contribution in [-0.2, 0) is 11.3 Å². The summed E-state index contributed by atoms with van der Waals surface area (Å²) in [5.74, 6) is 0. The minimum atomic E-state index is -0.438. The number of nitrogens with zero attached hydrogens (tertiary/aromatic N) is 1. The second-order valence-corrected chi connectivity index (χ2v) is 4.87. The molecule has 0 amide bonds. The van der Waals surface area contributed by atoms with Gasteiger partial charge in [0.15, 0.2) is 0 Å². The van der Waals surface area contributed by atoms with Gasteiger partial charge in [-0.2, -0.15) is 0 Å². The SMILES string of the molecule is COC1CCN(CC(O)c2ccc(CN)cc2)C1. The first-order valence-corrected chi connectivity index (χ1v) is 6.45. The van der Waals surface area contributed by atoms with E-state index in [1.807, 2.05) is 24.3 Å². The predicted molar refractivity (Wildman–Crippen MR) is 71.1 cm³/mol. The van der Waals surface area contributed by atoms with Crippen LogP contribution in [0.4, 0.5) is 0 Å². The predicted octanol–water partition coefficient (Wildman–Crippen LogP) is 0.899. The number of rotatable bonds is 5. The average Bonchev–Trinajstić information content (AvgIpc) is 2.86. The number of β-amino-alcohol motifs (C(OH)–C–C–N with tert-alkyl or cyclic N) is 1. The fraction of sp³-hybridized carbons (Fsp3) is 0.571. The Morgan fingerprint density at radius 2 is 2.17 bits per heavy atom. The first kappa shape index (κ1) is 13.5. The number of hydrogen-bond donors (Lipinski definition) is 2. The van der Waals surface area contributed by atoms with Crippen LogP contribution in [0.5, 0.6) is 0 Å². The molecule has 1 aliphatic rings. The van der Waals surface area contributed by atoms with Crippen molar-refractivity contribution in [3.63, 3.8) is 0 Å². The lowest BCUT2D eigenvalue weighted by Gasteiger charge is -2.20. The van der Waals surface area contributed by atoms with Crippen LogP contribution >= 0.6 is 0 Å². The minimum absolute atomic E-state index is 0.316. The van der Waals surface area contributed by atoms with Gasteiger partial charge in [-0.05, 0) is 17.5 Å². The van der Waals surface area contributed by atoms with E-state index in [9.17, 15) is 5.11 Å². The summed E-state index contributed by atoms with van der Waals surface area (Å²) in [5, 5.41) is 10.2. The molecule has 0 aromatic heterocycles. The topological polar surface area (TPSA) is 58.7 Å². The number of likely N-dealkylation sites (tertiary alicyclic amines) is 1. The van der Waals surface area contributed by atoms with Gasteiger partial charge in [0, 0.05) is 33.3 Å². The lowest BCUT2D eigenvalue weighted by molar-refractivity contribution is 0.0898. The van der Waals surface area contributed by atoms with Gasteiger partial charge in [0.2, 0.25) is 0 Å². The Kier molecular flexibility index (Phi) is 4.72. The highest BCUT2D eigenvalue weighted by molar-refractivity contribution is 5.24. The van der Waals surface area contributed by atoms with E-state index in [-0.39, 0.29) is 0 Å². The Balaban J connectivity index is 1.89. The molecule has 4 nitrogen and oxygen atoms in total. The highest BCUT2D eigenvalue weighted by atomic mass is 16.5. The van der Waals surface area contributed by atoms with E-state index < -0.39 is 6.10 Å². The van der Waals surface area contributed by atoms with Gasteiger partial charge in [-0.3, -0.25) is 4.90 Å². The van der Waals surface area contributed by atoms with Crippen LogP contribution in [-0.4, -0.2) is 42.9 Å². The summed E-state index contributed by atoms with van der Waals surface area (Å²) in [6.45, 7) is 3.12. The van der Waals surface area contributed by atoms with E-state index >= 15 is 0 Å². The van der Waals surface area contributed by atoms with Crippen molar-refractivity contribution in [1.29, 1.82) is 0 Å². The summed E-state index contributed by atoms with van der Waals surface area (Å²) in [6, 6.07) is 7.86. The monoisotopic (exact) mass is 250 g/mol. The van der Waals surface area contributed by atoms with Crippen molar-refractivity contribution >= 4 is 0 Å². The zero-order valence-electron chi connectivity index (χ0n) is 10.9. The first-order valence-electron chi connectivity index (χ1n) is 6.45. The fourth-order valence-corrected chi connectivity index (χ4v) is 2.38. The smallest absolute Gasteiger partial charge is 0.0916 e. The fourth-order valence-electron chi connectivity index (χ4n) is 2.38. The number of hydrogen-bond acceptors (Lipinski definition) is 4. The third-order valence-corrected chi connectivity index (χ3v) is 3.59. The number of methoxy groups -OCH3 is 1. The molecule has 0 saturated carbocycles. The molecule has 1 fully saturated rings. The Hall–Kier alpha value is -0.940. The van der Waals surface area contributed by atoms with Crippen LogP contribution in [0.15, 0.2) is 24.3 Å². The van der Waals surface area contributed by atoms with Gasteiger partial charge in [0.25, 0.3) is 0 Å². The van der Waals surface area contributed by atoms with Crippen molar-refractivity contribution in [2.24, 2.45) is 5.73 Å². The number of aliphatic hydroxyl groups excluding tert-OH is 1. The lowest BCUT2D eigenvalue weighted by Crippen LogP contribution is -2.27. The molecule has 0 radical (unpaired) electrons. The third kappa shape index (κ3) is 3.29. The summed E-state index contributed by atoms with van der Waals surface area (Å²) < 4.78 is 5.32. The number of benzene rings is 1. The van der Waals surface area contributed by atoms with Crippen molar-refractivity contribution in [2.45, 2.75) is 25.2 Å². The number of nitrogens with two attached hydrogens (primary N) is 1. The van der Waals surface area contributed by atoms with E-state index in [4.69, 9.17) is 10.5 Å². The van der Waals surface area contributed by atoms with E-state index in [1.54, 1.807) is 7.11 Å². The van der Waals surface area contributed by atoms with E-state index in [0.29, 0.717) is 19.2 Å². The van der Waals surface area contributed by atoms with Crippen LogP contribution in [0, 0.1) is 0 Å². The summed E-state index contributed by atoms with van der Waals surface area (Å²) >= 11 is 0. The zero-order valence-corrected chi connectivity index (χ0v) is 10.9. The van der Waals surface area contributed by atoms with Crippen molar-refractivity contribution in [3.8, 4) is 0 Å². The number of ether oxygens (including phenoxy) is 1. The molecule has 0 spiro atoms. The molecule has 1 aromatic rings. The molecule has 1 aromatic carbocycles.